The molecule has 1 fully saturated rings. The van der Waals surface area contributed by atoms with Crippen LogP contribution in [0.4, 0.5) is 5.69 Å². The first-order valence-electron chi connectivity index (χ1n) is 8.42. The van der Waals surface area contributed by atoms with Crippen LogP contribution in [-0.4, -0.2) is 61.9 Å². The average Bonchev–Trinajstić information content (AvgIpc) is 3.11. The van der Waals surface area contributed by atoms with Crippen LogP contribution in [0.25, 0.3) is 0 Å². The van der Waals surface area contributed by atoms with Crippen LogP contribution in [-0.2, 0) is 26.0 Å². The van der Waals surface area contributed by atoms with Gasteiger partial charge in [-0.1, -0.05) is 12.1 Å². The lowest BCUT2D eigenvalue weighted by molar-refractivity contribution is -0.129. The highest BCUT2D eigenvalue weighted by Gasteiger charge is 2.19. The van der Waals surface area contributed by atoms with E-state index < -0.39 is 15.9 Å². The lowest BCUT2D eigenvalue weighted by atomic mass is 10.1. The second-order valence-electron chi connectivity index (χ2n) is 6.17. The zero-order valence-electron chi connectivity index (χ0n) is 14.7. The second kappa shape index (κ2) is 8.44. The molecule has 0 bridgehead atoms. The molecular formula is C17H25N3O4S. The van der Waals surface area contributed by atoms with E-state index in [1.54, 1.807) is 24.3 Å². The van der Waals surface area contributed by atoms with E-state index in [4.69, 9.17) is 0 Å². The molecule has 0 unspecified atom stereocenters. The molecule has 1 aromatic carbocycles. The zero-order valence-corrected chi connectivity index (χ0v) is 15.5. The highest BCUT2D eigenvalue weighted by atomic mass is 32.2. The monoisotopic (exact) mass is 367 g/mol. The van der Waals surface area contributed by atoms with E-state index >= 15 is 0 Å². The summed E-state index contributed by atoms with van der Waals surface area (Å²) in [6.45, 7) is 2.97. The molecule has 1 aromatic rings. The molecule has 0 radical (unpaired) electrons. The van der Waals surface area contributed by atoms with E-state index in [2.05, 4.69) is 5.32 Å². The fraction of sp³-hybridized carbons (Fsp3) is 0.529. The number of hydrogen-bond donors (Lipinski definition) is 1. The molecule has 0 spiro atoms. The van der Waals surface area contributed by atoms with Gasteiger partial charge in [-0.3, -0.25) is 9.59 Å². The Hall–Kier alpha value is -1.93. The van der Waals surface area contributed by atoms with Crippen molar-refractivity contribution in [2.24, 2.45) is 0 Å². The Kier molecular flexibility index (Phi) is 6.55. The number of amides is 2. The van der Waals surface area contributed by atoms with E-state index in [0.717, 1.165) is 35.8 Å². The minimum absolute atomic E-state index is 0.0451. The van der Waals surface area contributed by atoms with Crippen molar-refractivity contribution in [3.63, 3.8) is 0 Å². The van der Waals surface area contributed by atoms with Crippen LogP contribution in [0.5, 0.6) is 0 Å². The Labute approximate surface area is 149 Å². The predicted octanol–water partition coefficient (Wildman–Crippen LogP) is 1.07. The van der Waals surface area contributed by atoms with Gasteiger partial charge in [0.1, 0.15) is 0 Å². The van der Waals surface area contributed by atoms with E-state index in [9.17, 15) is 18.0 Å². The molecule has 8 heteroatoms. The van der Waals surface area contributed by atoms with Crippen molar-refractivity contribution in [2.45, 2.75) is 26.2 Å². The fourth-order valence-electron chi connectivity index (χ4n) is 2.68. The zero-order chi connectivity index (χ0) is 18.4. The Balaban J connectivity index is 1.87. The van der Waals surface area contributed by atoms with Crippen LogP contribution in [0, 0.1) is 0 Å². The molecule has 0 atom stereocenters. The molecular weight excluding hydrogens is 342 g/mol. The molecule has 0 aliphatic carbocycles. The maximum atomic E-state index is 12.1. The molecule has 1 saturated heterocycles. The van der Waals surface area contributed by atoms with Gasteiger partial charge >= 0.3 is 0 Å². The number of likely N-dealkylation sites (N-methyl/N-ethyl adjacent to an activating group) is 1. The van der Waals surface area contributed by atoms with Gasteiger partial charge in [0.05, 0.1) is 18.7 Å². The fourth-order valence-corrected chi connectivity index (χ4v) is 3.44. The molecule has 1 heterocycles. The summed E-state index contributed by atoms with van der Waals surface area (Å²) >= 11 is 0. The van der Waals surface area contributed by atoms with Crippen molar-refractivity contribution in [3.8, 4) is 0 Å². The van der Waals surface area contributed by atoms with E-state index in [0.29, 0.717) is 12.1 Å². The molecule has 2 amide bonds. The summed E-state index contributed by atoms with van der Waals surface area (Å²) in [7, 11) is -2.00. The second-order valence-corrected chi connectivity index (χ2v) is 8.53. The maximum Gasteiger partial charge on any atom is 0.239 e. The maximum absolute atomic E-state index is 12.1. The van der Waals surface area contributed by atoms with Gasteiger partial charge in [-0.25, -0.2) is 8.42 Å². The van der Waals surface area contributed by atoms with Crippen molar-refractivity contribution in [3.05, 3.63) is 29.8 Å². The molecule has 1 aliphatic rings. The summed E-state index contributed by atoms with van der Waals surface area (Å²) in [5.41, 5.74) is 1.46. The molecule has 138 valence electrons. The van der Waals surface area contributed by atoms with Gasteiger partial charge < -0.3 is 10.2 Å². The summed E-state index contributed by atoms with van der Waals surface area (Å²) in [5, 5.41) is 2.66. The van der Waals surface area contributed by atoms with Gasteiger partial charge in [0.15, 0.2) is 0 Å². The predicted molar refractivity (Wildman–Crippen MR) is 96.7 cm³/mol. The van der Waals surface area contributed by atoms with E-state index in [1.165, 1.54) is 14.0 Å². The SMILES string of the molecule is CCS(=O)(=O)N(C)CC(=O)Nc1ccc(CC(=O)N2CCCC2)cc1. The lowest BCUT2D eigenvalue weighted by Crippen LogP contribution is -2.35. The number of carbonyl (C=O) groups is 2. The number of anilines is 1. The van der Waals surface area contributed by atoms with Gasteiger partial charge in [-0.15, -0.1) is 0 Å². The Morgan fingerprint density at radius 2 is 1.76 bits per heavy atom. The van der Waals surface area contributed by atoms with E-state index in [-0.39, 0.29) is 18.2 Å². The molecule has 25 heavy (non-hydrogen) atoms. The minimum Gasteiger partial charge on any atom is -0.342 e. The molecule has 0 aromatic heterocycles. The summed E-state index contributed by atoms with van der Waals surface area (Å²) < 4.78 is 24.3. The summed E-state index contributed by atoms with van der Waals surface area (Å²) in [5.74, 6) is -0.322. The minimum atomic E-state index is -3.38. The standard InChI is InChI=1S/C17H25N3O4S/c1-3-25(23,24)19(2)13-16(21)18-15-8-6-14(7-9-15)12-17(22)20-10-4-5-11-20/h6-9H,3-5,10-13H2,1-2H3,(H,18,21). The number of nitrogens with one attached hydrogen (secondary N) is 1. The van der Waals surface area contributed by atoms with Crippen molar-refractivity contribution in [1.29, 1.82) is 0 Å². The largest absolute Gasteiger partial charge is 0.342 e. The van der Waals surface area contributed by atoms with Gasteiger partial charge in [0.2, 0.25) is 21.8 Å². The quantitative estimate of drug-likeness (QED) is 0.781. The van der Waals surface area contributed by atoms with Gasteiger partial charge in [-0.05, 0) is 37.5 Å². The van der Waals surface area contributed by atoms with Gasteiger partial charge in [0.25, 0.3) is 0 Å². The number of likely N-dealkylation sites (tertiary alicyclic amines) is 1. The van der Waals surface area contributed by atoms with Crippen LogP contribution >= 0.6 is 0 Å². The van der Waals surface area contributed by atoms with Crippen LogP contribution < -0.4 is 5.32 Å². The van der Waals surface area contributed by atoms with Crippen LogP contribution in [0.2, 0.25) is 0 Å². The van der Waals surface area contributed by atoms with Crippen molar-refractivity contribution in [1.82, 2.24) is 9.21 Å². The van der Waals surface area contributed by atoms with Crippen molar-refractivity contribution < 1.29 is 18.0 Å². The first kappa shape index (κ1) is 19.4. The molecule has 1 N–H and O–H groups in total. The summed E-state index contributed by atoms with van der Waals surface area (Å²) in [4.78, 5) is 25.9. The highest BCUT2D eigenvalue weighted by molar-refractivity contribution is 7.89. The first-order chi connectivity index (χ1) is 11.8. The Morgan fingerprint density at radius 3 is 2.32 bits per heavy atom. The summed E-state index contributed by atoms with van der Waals surface area (Å²) in [6, 6.07) is 7.05. The van der Waals surface area contributed by atoms with Crippen LogP contribution in [0.1, 0.15) is 25.3 Å². The highest BCUT2D eigenvalue weighted by Crippen LogP contribution is 2.14. The number of benzene rings is 1. The smallest absolute Gasteiger partial charge is 0.239 e. The van der Waals surface area contributed by atoms with Gasteiger partial charge in [-0.2, -0.15) is 4.31 Å². The van der Waals surface area contributed by atoms with Gasteiger partial charge in [0, 0.05) is 25.8 Å². The number of hydrogen-bond acceptors (Lipinski definition) is 4. The third kappa shape index (κ3) is 5.54. The summed E-state index contributed by atoms with van der Waals surface area (Å²) in [6.07, 6.45) is 2.49. The number of sulfonamides is 1. The molecule has 2 rings (SSSR count). The normalized spacial score (nSPS) is 14.8. The molecule has 7 nitrogen and oxygen atoms in total. The van der Waals surface area contributed by atoms with Crippen molar-refractivity contribution in [2.75, 3.05) is 37.8 Å². The number of rotatable bonds is 7. The molecule has 1 aliphatic heterocycles. The van der Waals surface area contributed by atoms with Crippen LogP contribution in [0.15, 0.2) is 24.3 Å². The lowest BCUT2D eigenvalue weighted by Gasteiger charge is -2.16. The first-order valence-corrected chi connectivity index (χ1v) is 10.0. The number of nitrogens with zero attached hydrogens (tertiary/aromatic N) is 2. The average molecular weight is 367 g/mol. The third-order valence-electron chi connectivity index (χ3n) is 4.26. The van der Waals surface area contributed by atoms with Crippen LogP contribution in [0.3, 0.4) is 0 Å². The Bertz CT molecular complexity index is 710. The third-order valence-corrected chi connectivity index (χ3v) is 6.07. The Morgan fingerprint density at radius 1 is 1.16 bits per heavy atom. The van der Waals surface area contributed by atoms with Crippen molar-refractivity contribution >= 4 is 27.5 Å². The number of carbonyl (C=O) groups excluding carboxylic acids is 2. The van der Waals surface area contributed by atoms with E-state index in [1.807, 2.05) is 4.90 Å². The molecule has 0 saturated carbocycles. The topological polar surface area (TPSA) is 86.8 Å².